The number of hydrogen-bond acceptors (Lipinski definition) is 2. The van der Waals surface area contributed by atoms with E-state index in [-0.39, 0.29) is 0 Å². The Morgan fingerprint density at radius 1 is 1.18 bits per heavy atom. The third kappa shape index (κ3) is 1.52. The van der Waals surface area contributed by atoms with Crippen molar-refractivity contribution in [3.05, 3.63) is 24.3 Å². The first-order valence-electron chi connectivity index (χ1n) is 3.31. The third-order valence-corrected chi connectivity index (χ3v) is 3.59. The summed E-state index contributed by atoms with van der Waals surface area (Å²) >= 11 is 0. The number of allylic oxidation sites excluding steroid dienone is 2. The Kier molecular flexibility index (Phi) is 2.15. The lowest BCUT2D eigenvalue weighted by atomic mass is 10.5. The summed E-state index contributed by atoms with van der Waals surface area (Å²) in [4.78, 5) is 0. The van der Waals surface area contributed by atoms with Gasteiger partial charge in [0.05, 0.1) is 0 Å². The van der Waals surface area contributed by atoms with Crippen molar-refractivity contribution in [1.29, 1.82) is 0 Å². The molecule has 1 aliphatic rings. The van der Waals surface area contributed by atoms with Crippen molar-refractivity contribution in [2.75, 3.05) is 14.1 Å². The van der Waals surface area contributed by atoms with Gasteiger partial charge in [0.2, 0.25) is 10.0 Å². The SMILES string of the molecule is CN(C)S(=O)(=O)C1C=CC=C1. The van der Waals surface area contributed by atoms with Gasteiger partial charge in [0.1, 0.15) is 5.25 Å². The number of rotatable bonds is 2. The van der Waals surface area contributed by atoms with Gasteiger partial charge in [-0.2, -0.15) is 0 Å². The maximum absolute atomic E-state index is 11.4. The highest BCUT2D eigenvalue weighted by atomic mass is 32.2. The van der Waals surface area contributed by atoms with Crippen LogP contribution in [0.3, 0.4) is 0 Å². The highest BCUT2D eigenvalue weighted by Gasteiger charge is 2.23. The van der Waals surface area contributed by atoms with Crippen LogP contribution in [0.25, 0.3) is 0 Å². The van der Waals surface area contributed by atoms with Crippen LogP contribution in [0.2, 0.25) is 0 Å². The smallest absolute Gasteiger partial charge is 0.211 e. The highest BCUT2D eigenvalue weighted by molar-refractivity contribution is 7.90. The lowest BCUT2D eigenvalue weighted by Gasteiger charge is -2.13. The average molecular weight is 173 g/mol. The van der Waals surface area contributed by atoms with Crippen LogP contribution in [0.15, 0.2) is 24.3 Å². The van der Waals surface area contributed by atoms with Crippen molar-refractivity contribution in [1.82, 2.24) is 4.31 Å². The highest BCUT2D eigenvalue weighted by Crippen LogP contribution is 2.12. The van der Waals surface area contributed by atoms with Gasteiger partial charge >= 0.3 is 0 Å². The number of nitrogens with zero attached hydrogens (tertiary/aromatic N) is 1. The summed E-state index contributed by atoms with van der Waals surface area (Å²) < 4.78 is 23.9. The van der Waals surface area contributed by atoms with Crippen LogP contribution in [0.4, 0.5) is 0 Å². The molecule has 1 rings (SSSR count). The summed E-state index contributed by atoms with van der Waals surface area (Å²) in [6, 6.07) is 0. The molecule has 0 atom stereocenters. The molecule has 11 heavy (non-hydrogen) atoms. The lowest BCUT2D eigenvalue weighted by molar-refractivity contribution is 0.519. The molecule has 0 aromatic heterocycles. The molecule has 0 bridgehead atoms. The Bertz CT molecular complexity index is 276. The molecule has 0 saturated heterocycles. The molecule has 0 aliphatic heterocycles. The van der Waals surface area contributed by atoms with Gasteiger partial charge in [-0.05, 0) is 0 Å². The first kappa shape index (κ1) is 8.49. The normalized spacial score (nSPS) is 18.5. The van der Waals surface area contributed by atoms with Crippen LogP contribution in [-0.4, -0.2) is 32.1 Å². The Morgan fingerprint density at radius 3 is 2.00 bits per heavy atom. The fourth-order valence-electron chi connectivity index (χ4n) is 0.853. The summed E-state index contributed by atoms with van der Waals surface area (Å²) in [5.41, 5.74) is 0. The molecule has 0 aromatic carbocycles. The summed E-state index contributed by atoms with van der Waals surface area (Å²) in [7, 11) is -0.0428. The van der Waals surface area contributed by atoms with E-state index in [0.29, 0.717) is 0 Å². The molecule has 0 saturated carbocycles. The van der Waals surface area contributed by atoms with E-state index in [1.807, 2.05) is 0 Å². The molecule has 0 amide bonds. The monoisotopic (exact) mass is 173 g/mol. The van der Waals surface area contributed by atoms with Gasteiger partial charge in [-0.1, -0.05) is 24.3 Å². The molecular weight excluding hydrogens is 162 g/mol. The van der Waals surface area contributed by atoms with Crippen LogP contribution in [0, 0.1) is 0 Å². The van der Waals surface area contributed by atoms with E-state index in [1.165, 1.54) is 18.4 Å². The maximum atomic E-state index is 11.4. The lowest BCUT2D eigenvalue weighted by Crippen LogP contribution is -2.30. The molecule has 3 nitrogen and oxygen atoms in total. The number of sulfonamides is 1. The van der Waals surface area contributed by atoms with E-state index < -0.39 is 15.3 Å². The molecule has 62 valence electrons. The van der Waals surface area contributed by atoms with Crippen molar-refractivity contribution < 1.29 is 8.42 Å². The predicted molar refractivity (Wildman–Crippen MR) is 44.7 cm³/mol. The minimum absolute atomic E-state index is 0.461. The van der Waals surface area contributed by atoms with E-state index in [9.17, 15) is 8.42 Å². The fourth-order valence-corrected chi connectivity index (χ4v) is 1.92. The zero-order valence-corrected chi connectivity index (χ0v) is 7.38. The van der Waals surface area contributed by atoms with Crippen molar-refractivity contribution in [3.8, 4) is 0 Å². The molecule has 0 unspecified atom stereocenters. The Hall–Kier alpha value is -0.610. The zero-order valence-electron chi connectivity index (χ0n) is 6.56. The molecule has 0 spiro atoms. The van der Waals surface area contributed by atoms with Gasteiger partial charge in [0.25, 0.3) is 0 Å². The molecule has 0 N–H and O–H groups in total. The molecule has 0 aromatic rings. The van der Waals surface area contributed by atoms with Gasteiger partial charge < -0.3 is 0 Å². The zero-order chi connectivity index (χ0) is 8.48. The Balaban J connectivity index is 2.91. The van der Waals surface area contributed by atoms with Crippen LogP contribution in [-0.2, 0) is 10.0 Å². The standard InChI is InChI=1S/C7H11NO2S/c1-8(2)11(9,10)7-5-3-4-6-7/h3-7H,1-2H3. The molecule has 0 fully saturated rings. The minimum Gasteiger partial charge on any atom is -0.211 e. The third-order valence-electron chi connectivity index (χ3n) is 1.57. The average Bonchev–Trinajstić information content (AvgIpc) is 2.37. The predicted octanol–water partition coefficient (Wildman–Crippen LogP) is 0.372. The summed E-state index contributed by atoms with van der Waals surface area (Å²) in [6.07, 6.45) is 6.81. The molecule has 0 radical (unpaired) electrons. The fraction of sp³-hybridized carbons (Fsp3) is 0.429. The quantitative estimate of drug-likeness (QED) is 0.605. The van der Waals surface area contributed by atoms with Gasteiger partial charge in [-0.3, -0.25) is 0 Å². The molecule has 0 heterocycles. The van der Waals surface area contributed by atoms with E-state index in [0.717, 1.165) is 0 Å². The van der Waals surface area contributed by atoms with Crippen molar-refractivity contribution >= 4 is 10.0 Å². The summed E-state index contributed by atoms with van der Waals surface area (Å²) in [6.45, 7) is 0. The van der Waals surface area contributed by atoms with Crippen LogP contribution in [0.5, 0.6) is 0 Å². The van der Waals surface area contributed by atoms with Gasteiger partial charge in [-0.25, -0.2) is 12.7 Å². The van der Waals surface area contributed by atoms with Crippen molar-refractivity contribution in [3.63, 3.8) is 0 Å². The van der Waals surface area contributed by atoms with Crippen LogP contribution < -0.4 is 0 Å². The van der Waals surface area contributed by atoms with Crippen molar-refractivity contribution in [2.24, 2.45) is 0 Å². The topological polar surface area (TPSA) is 37.4 Å². The Labute approximate surface area is 67.1 Å². The first-order valence-corrected chi connectivity index (χ1v) is 4.82. The largest absolute Gasteiger partial charge is 0.223 e. The van der Waals surface area contributed by atoms with E-state index in [4.69, 9.17) is 0 Å². The molecular formula is C7H11NO2S. The van der Waals surface area contributed by atoms with Crippen molar-refractivity contribution in [2.45, 2.75) is 5.25 Å². The van der Waals surface area contributed by atoms with E-state index in [2.05, 4.69) is 0 Å². The first-order chi connectivity index (χ1) is 5.05. The van der Waals surface area contributed by atoms with Gasteiger partial charge in [-0.15, -0.1) is 0 Å². The maximum Gasteiger partial charge on any atom is 0.223 e. The second-order valence-corrected chi connectivity index (χ2v) is 4.87. The summed E-state index contributed by atoms with van der Waals surface area (Å²) in [5, 5.41) is -0.461. The van der Waals surface area contributed by atoms with Crippen LogP contribution in [0.1, 0.15) is 0 Å². The van der Waals surface area contributed by atoms with Gasteiger partial charge in [0, 0.05) is 14.1 Å². The van der Waals surface area contributed by atoms with E-state index >= 15 is 0 Å². The second kappa shape index (κ2) is 2.79. The molecule has 1 aliphatic carbocycles. The number of hydrogen-bond donors (Lipinski definition) is 0. The Morgan fingerprint density at radius 2 is 1.64 bits per heavy atom. The minimum atomic E-state index is -3.12. The second-order valence-electron chi connectivity index (χ2n) is 2.56. The van der Waals surface area contributed by atoms with Crippen LogP contribution >= 0.6 is 0 Å². The van der Waals surface area contributed by atoms with Gasteiger partial charge in [0.15, 0.2) is 0 Å². The molecule has 4 heteroatoms. The van der Waals surface area contributed by atoms with E-state index in [1.54, 1.807) is 24.3 Å². The summed E-state index contributed by atoms with van der Waals surface area (Å²) in [5.74, 6) is 0.